The molecule has 1 amide bonds. The van der Waals surface area contributed by atoms with Crippen molar-refractivity contribution in [3.8, 4) is 5.69 Å². The van der Waals surface area contributed by atoms with Crippen LogP contribution < -0.4 is 5.32 Å². The fourth-order valence-electron chi connectivity index (χ4n) is 2.90. The lowest BCUT2D eigenvalue weighted by Gasteiger charge is -2.15. The van der Waals surface area contributed by atoms with Crippen molar-refractivity contribution in [3.05, 3.63) is 71.5 Å². The molecule has 7 nitrogen and oxygen atoms in total. The summed E-state index contributed by atoms with van der Waals surface area (Å²) in [5, 5.41) is 6.08. The molecule has 0 saturated carbocycles. The van der Waals surface area contributed by atoms with E-state index in [1.54, 1.807) is 25.1 Å². The third kappa shape index (κ3) is 4.47. The number of nitrogens with zero attached hydrogens (tertiary/aromatic N) is 3. The van der Waals surface area contributed by atoms with Gasteiger partial charge in [0, 0.05) is 19.8 Å². The van der Waals surface area contributed by atoms with E-state index >= 15 is 0 Å². The van der Waals surface area contributed by atoms with Crippen molar-refractivity contribution in [2.24, 2.45) is 0 Å². The molecule has 11 heteroatoms. The number of alkyl halides is 3. The Labute approximate surface area is 177 Å². The highest BCUT2D eigenvalue weighted by Gasteiger charge is 2.40. The number of benzene rings is 2. The third-order valence-electron chi connectivity index (χ3n) is 4.49. The molecule has 31 heavy (non-hydrogen) atoms. The average Bonchev–Trinajstić information content (AvgIpc) is 3.16. The summed E-state index contributed by atoms with van der Waals surface area (Å²) in [5.41, 5.74) is -1.31. The number of halogens is 3. The molecule has 0 spiro atoms. The topological polar surface area (TPSA) is 84.3 Å². The Hall–Kier alpha value is -3.18. The van der Waals surface area contributed by atoms with Gasteiger partial charge in [0.25, 0.3) is 5.91 Å². The molecule has 2 aromatic carbocycles. The van der Waals surface area contributed by atoms with Crippen LogP contribution in [0.1, 0.15) is 21.6 Å². The number of para-hydroxylation sites is 1. The summed E-state index contributed by atoms with van der Waals surface area (Å²) >= 11 is 0. The lowest BCUT2D eigenvalue weighted by Crippen LogP contribution is -2.23. The van der Waals surface area contributed by atoms with E-state index in [0.29, 0.717) is 10.2 Å². The minimum absolute atomic E-state index is 0.0385. The molecule has 0 aliphatic heterocycles. The molecule has 0 fully saturated rings. The highest BCUT2D eigenvalue weighted by Crippen LogP contribution is 2.34. The largest absolute Gasteiger partial charge is 0.434 e. The van der Waals surface area contributed by atoms with Crippen molar-refractivity contribution in [2.75, 3.05) is 19.4 Å². The number of carbonyl (C=O) groups excluding carboxylic acids is 1. The maximum Gasteiger partial charge on any atom is 0.434 e. The first-order valence-electron chi connectivity index (χ1n) is 8.98. The number of aryl methyl sites for hydroxylation is 1. The SMILES string of the molecule is Cc1ccc(NC(=O)c2cnn(-c3ccccc3)c2C(F)(F)F)cc1S(=O)(=O)N(C)C. The van der Waals surface area contributed by atoms with Crippen LogP contribution in [0.5, 0.6) is 0 Å². The molecule has 3 rings (SSSR count). The van der Waals surface area contributed by atoms with Gasteiger partial charge < -0.3 is 5.32 Å². The summed E-state index contributed by atoms with van der Waals surface area (Å²) in [6.45, 7) is 1.58. The van der Waals surface area contributed by atoms with E-state index in [1.165, 1.54) is 44.4 Å². The molecule has 0 radical (unpaired) electrons. The van der Waals surface area contributed by atoms with Crippen molar-refractivity contribution in [1.82, 2.24) is 14.1 Å². The van der Waals surface area contributed by atoms with Gasteiger partial charge in [0.2, 0.25) is 10.0 Å². The van der Waals surface area contributed by atoms with Crippen LogP contribution in [0.2, 0.25) is 0 Å². The zero-order valence-electron chi connectivity index (χ0n) is 16.8. The van der Waals surface area contributed by atoms with Crippen molar-refractivity contribution in [3.63, 3.8) is 0 Å². The van der Waals surface area contributed by atoms with Gasteiger partial charge in [-0.25, -0.2) is 17.4 Å². The molecule has 3 aromatic rings. The van der Waals surface area contributed by atoms with Gasteiger partial charge >= 0.3 is 6.18 Å². The molecule has 0 bridgehead atoms. The minimum Gasteiger partial charge on any atom is -0.322 e. The third-order valence-corrected chi connectivity index (χ3v) is 6.44. The van der Waals surface area contributed by atoms with Crippen LogP contribution >= 0.6 is 0 Å². The number of anilines is 1. The van der Waals surface area contributed by atoms with Gasteiger partial charge in [-0.2, -0.15) is 18.3 Å². The molecular formula is C20H19F3N4O3S. The molecule has 164 valence electrons. The van der Waals surface area contributed by atoms with E-state index < -0.39 is 33.4 Å². The van der Waals surface area contributed by atoms with Crippen LogP contribution in [0.4, 0.5) is 18.9 Å². The second-order valence-electron chi connectivity index (χ2n) is 6.87. The van der Waals surface area contributed by atoms with Crippen LogP contribution in [-0.4, -0.2) is 42.5 Å². The van der Waals surface area contributed by atoms with Crippen LogP contribution in [0.15, 0.2) is 59.6 Å². The van der Waals surface area contributed by atoms with Gasteiger partial charge in [0.1, 0.15) is 0 Å². The van der Waals surface area contributed by atoms with Crippen molar-refractivity contribution < 1.29 is 26.4 Å². The number of rotatable bonds is 5. The minimum atomic E-state index is -4.86. The number of sulfonamides is 1. The number of nitrogens with one attached hydrogen (secondary N) is 1. The predicted molar refractivity (Wildman–Crippen MR) is 109 cm³/mol. The van der Waals surface area contributed by atoms with E-state index in [9.17, 15) is 26.4 Å². The summed E-state index contributed by atoms with van der Waals surface area (Å²) in [6, 6.07) is 11.7. The highest BCUT2D eigenvalue weighted by molar-refractivity contribution is 7.89. The average molecular weight is 452 g/mol. The first kappa shape index (κ1) is 22.5. The fourth-order valence-corrected chi connectivity index (χ4v) is 4.05. The summed E-state index contributed by atoms with van der Waals surface area (Å²) < 4.78 is 67.9. The van der Waals surface area contributed by atoms with Crippen LogP contribution in [0.3, 0.4) is 0 Å². The van der Waals surface area contributed by atoms with E-state index in [4.69, 9.17) is 0 Å². The number of aromatic nitrogens is 2. The lowest BCUT2D eigenvalue weighted by molar-refractivity contribution is -0.143. The zero-order valence-corrected chi connectivity index (χ0v) is 17.6. The maximum absolute atomic E-state index is 13.8. The zero-order chi connectivity index (χ0) is 23.0. The Morgan fingerprint density at radius 1 is 1.10 bits per heavy atom. The van der Waals surface area contributed by atoms with Crippen LogP contribution in [0.25, 0.3) is 5.69 Å². The Morgan fingerprint density at radius 2 is 1.74 bits per heavy atom. The van der Waals surface area contributed by atoms with Gasteiger partial charge in [0.15, 0.2) is 5.69 Å². The van der Waals surface area contributed by atoms with E-state index in [2.05, 4.69) is 10.4 Å². The smallest absolute Gasteiger partial charge is 0.322 e. The molecule has 1 aromatic heterocycles. The second kappa shape index (κ2) is 8.16. The standard InChI is InChI=1S/C20H19F3N4O3S/c1-13-9-10-14(11-17(13)31(29,30)26(2)3)25-19(28)16-12-24-27(18(16)20(21,22)23)15-7-5-4-6-8-15/h4-12H,1-3H3,(H,25,28). The van der Waals surface area contributed by atoms with Gasteiger partial charge in [-0.05, 0) is 36.8 Å². The van der Waals surface area contributed by atoms with Gasteiger partial charge in [-0.15, -0.1) is 0 Å². The van der Waals surface area contributed by atoms with E-state index in [0.717, 1.165) is 10.5 Å². The Morgan fingerprint density at radius 3 is 2.32 bits per heavy atom. The molecular weight excluding hydrogens is 433 g/mol. The van der Waals surface area contributed by atoms with Crippen molar-refractivity contribution in [2.45, 2.75) is 18.0 Å². The van der Waals surface area contributed by atoms with Crippen molar-refractivity contribution >= 4 is 21.6 Å². The van der Waals surface area contributed by atoms with E-state index in [1.807, 2.05) is 0 Å². The molecule has 0 atom stereocenters. The molecule has 0 unspecified atom stereocenters. The van der Waals surface area contributed by atoms with Gasteiger partial charge in [0.05, 0.1) is 22.3 Å². The number of carbonyl (C=O) groups is 1. The Kier molecular flexibility index (Phi) is 5.92. The summed E-state index contributed by atoms with van der Waals surface area (Å²) in [4.78, 5) is 12.6. The number of amides is 1. The predicted octanol–water partition coefficient (Wildman–Crippen LogP) is 3.70. The van der Waals surface area contributed by atoms with E-state index in [-0.39, 0.29) is 16.3 Å². The number of hydrogen-bond donors (Lipinski definition) is 1. The Balaban J connectivity index is 2.01. The lowest BCUT2D eigenvalue weighted by atomic mass is 10.2. The molecule has 0 aliphatic rings. The first-order chi connectivity index (χ1) is 14.4. The summed E-state index contributed by atoms with van der Waals surface area (Å²) in [7, 11) is -1.10. The maximum atomic E-state index is 13.8. The monoisotopic (exact) mass is 452 g/mol. The van der Waals surface area contributed by atoms with Gasteiger partial charge in [-0.1, -0.05) is 24.3 Å². The number of hydrogen-bond acceptors (Lipinski definition) is 4. The van der Waals surface area contributed by atoms with Crippen molar-refractivity contribution in [1.29, 1.82) is 0 Å². The normalized spacial score (nSPS) is 12.2. The molecule has 0 aliphatic carbocycles. The summed E-state index contributed by atoms with van der Waals surface area (Å²) in [5.74, 6) is -1.06. The molecule has 0 saturated heterocycles. The quantitative estimate of drug-likeness (QED) is 0.640. The van der Waals surface area contributed by atoms with Gasteiger partial charge in [-0.3, -0.25) is 4.79 Å². The first-order valence-corrected chi connectivity index (χ1v) is 10.4. The second-order valence-corrected chi connectivity index (χ2v) is 8.99. The molecule has 1 heterocycles. The molecule has 1 N–H and O–H groups in total. The fraction of sp³-hybridized carbons (Fsp3) is 0.200. The highest BCUT2D eigenvalue weighted by atomic mass is 32.2. The Bertz CT molecular complexity index is 1220. The van der Waals surface area contributed by atoms with Crippen LogP contribution in [-0.2, 0) is 16.2 Å². The van der Waals surface area contributed by atoms with Crippen LogP contribution in [0, 0.1) is 6.92 Å². The summed E-state index contributed by atoms with van der Waals surface area (Å²) in [6.07, 6.45) is -4.03.